The van der Waals surface area contributed by atoms with Crippen LogP contribution in [0.4, 0.5) is 0 Å². The van der Waals surface area contributed by atoms with E-state index in [4.69, 9.17) is 9.84 Å². The minimum atomic E-state index is -0.896. The van der Waals surface area contributed by atoms with Crippen molar-refractivity contribution in [2.75, 3.05) is 0 Å². The number of aliphatic hydroxyl groups is 1. The Morgan fingerprint density at radius 1 is 1.73 bits per heavy atom. The van der Waals surface area contributed by atoms with Crippen molar-refractivity contribution < 1.29 is 19.7 Å². The first kappa shape index (κ1) is 10.6. The molecular weight excluding hydrogens is 196 g/mol. The van der Waals surface area contributed by atoms with Crippen molar-refractivity contribution in [3.63, 3.8) is 0 Å². The summed E-state index contributed by atoms with van der Waals surface area (Å²) in [5.74, 6) is -0.896. The second kappa shape index (κ2) is 3.61. The molecule has 0 amide bonds. The summed E-state index contributed by atoms with van der Waals surface area (Å²) in [7, 11) is 0. The van der Waals surface area contributed by atoms with E-state index < -0.39 is 12.1 Å². The Morgan fingerprint density at radius 3 is 3.00 bits per heavy atom. The number of hydrogen-bond donors (Lipinski definition) is 2. The molecule has 4 nitrogen and oxygen atoms in total. The number of ether oxygens (including phenoxy) is 1. The highest BCUT2D eigenvalue weighted by Crippen LogP contribution is 2.49. The lowest BCUT2D eigenvalue weighted by Crippen LogP contribution is -2.37. The summed E-state index contributed by atoms with van der Waals surface area (Å²) < 4.78 is 5.39. The molecule has 1 aliphatic heterocycles. The van der Waals surface area contributed by atoms with Crippen molar-refractivity contribution in [1.82, 2.24) is 0 Å². The molecule has 0 aromatic heterocycles. The number of carbonyl (C=O) groups is 1. The van der Waals surface area contributed by atoms with E-state index in [-0.39, 0.29) is 17.6 Å². The van der Waals surface area contributed by atoms with Gasteiger partial charge in [-0.2, -0.15) is 0 Å². The van der Waals surface area contributed by atoms with Gasteiger partial charge in [-0.05, 0) is 26.2 Å². The SMILES string of the molecule is CC(O)CCC12C=CC(C1)OC2C(=O)O. The maximum atomic E-state index is 11.0. The summed E-state index contributed by atoms with van der Waals surface area (Å²) in [5, 5.41) is 18.3. The normalized spacial score (nSPS) is 39.6. The molecule has 84 valence electrons. The van der Waals surface area contributed by atoms with E-state index in [1.165, 1.54) is 0 Å². The van der Waals surface area contributed by atoms with Crippen LogP contribution in [-0.2, 0) is 9.53 Å². The van der Waals surface area contributed by atoms with E-state index >= 15 is 0 Å². The maximum absolute atomic E-state index is 11.0. The molecule has 2 rings (SSSR count). The van der Waals surface area contributed by atoms with Crippen LogP contribution in [0.25, 0.3) is 0 Å². The number of hydrogen-bond acceptors (Lipinski definition) is 3. The van der Waals surface area contributed by atoms with E-state index in [0.717, 1.165) is 6.42 Å². The minimum Gasteiger partial charge on any atom is -0.479 e. The molecule has 0 saturated carbocycles. The van der Waals surface area contributed by atoms with Crippen LogP contribution in [0.1, 0.15) is 26.2 Å². The third-order valence-electron chi connectivity index (χ3n) is 3.31. The Balaban J connectivity index is 2.10. The van der Waals surface area contributed by atoms with Gasteiger partial charge in [0, 0.05) is 5.41 Å². The standard InChI is InChI=1S/C11H16O4/c1-7(12)2-4-11-5-3-8(6-11)15-9(11)10(13)14/h3,5,7-9,12H,2,4,6H2,1H3,(H,13,14). The molecule has 0 aromatic rings. The summed E-state index contributed by atoms with van der Waals surface area (Å²) in [6.07, 6.45) is 4.77. The van der Waals surface area contributed by atoms with Crippen LogP contribution in [0.3, 0.4) is 0 Å². The minimum absolute atomic E-state index is 0.0416. The zero-order valence-corrected chi connectivity index (χ0v) is 8.72. The number of carboxylic acid groups (broad SMARTS) is 1. The van der Waals surface area contributed by atoms with Gasteiger partial charge in [0.05, 0.1) is 12.2 Å². The van der Waals surface area contributed by atoms with E-state index in [1.807, 2.05) is 12.2 Å². The highest BCUT2D eigenvalue weighted by molar-refractivity contribution is 5.75. The second-order valence-electron chi connectivity index (χ2n) is 4.58. The predicted molar refractivity (Wildman–Crippen MR) is 53.4 cm³/mol. The fraction of sp³-hybridized carbons (Fsp3) is 0.727. The summed E-state index contributed by atoms with van der Waals surface area (Å²) in [6, 6.07) is 0. The van der Waals surface area contributed by atoms with Crippen LogP contribution >= 0.6 is 0 Å². The quantitative estimate of drug-likeness (QED) is 0.681. The van der Waals surface area contributed by atoms with Crippen LogP contribution in [0.2, 0.25) is 0 Å². The number of aliphatic carboxylic acids is 1. The highest BCUT2D eigenvalue weighted by atomic mass is 16.5. The van der Waals surface area contributed by atoms with Gasteiger partial charge in [0.2, 0.25) is 0 Å². The zero-order chi connectivity index (χ0) is 11.1. The number of carboxylic acids is 1. The number of fused-ring (bicyclic) bond motifs is 2. The van der Waals surface area contributed by atoms with Crippen LogP contribution in [-0.4, -0.2) is 34.5 Å². The lowest BCUT2D eigenvalue weighted by Gasteiger charge is -2.28. The summed E-state index contributed by atoms with van der Waals surface area (Å²) in [4.78, 5) is 11.0. The first-order valence-corrected chi connectivity index (χ1v) is 5.29. The van der Waals surface area contributed by atoms with Gasteiger partial charge >= 0.3 is 5.97 Å². The van der Waals surface area contributed by atoms with Crippen molar-refractivity contribution in [3.05, 3.63) is 12.2 Å². The average Bonchev–Trinajstić information content (AvgIpc) is 2.72. The molecule has 4 heteroatoms. The van der Waals surface area contributed by atoms with Crippen LogP contribution < -0.4 is 0 Å². The lowest BCUT2D eigenvalue weighted by atomic mass is 9.78. The van der Waals surface area contributed by atoms with Gasteiger partial charge in [-0.25, -0.2) is 4.79 Å². The average molecular weight is 212 g/mol. The summed E-state index contributed by atoms with van der Waals surface area (Å²) in [6.45, 7) is 1.72. The third kappa shape index (κ3) is 1.79. The van der Waals surface area contributed by atoms with Gasteiger partial charge in [0.15, 0.2) is 6.10 Å². The topological polar surface area (TPSA) is 66.8 Å². The van der Waals surface area contributed by atoms with E-state index in [9.17, 15) is 9.90 Å². The van der Waals surface area contributed by atoms with Crippen LogP contribution in [0, 0.1) is 5.41 Å². The molecule has 2 aliphatic rings. The van der Waals surface area contributed by atoms with E-state index in [2.05, 4.69) is 0 Å². The van der Waals surface area contributed by atoms with Gasteiger partial charge in [-0.1, -0.05) is 12.2 Å². The highest BCUT2D eigenvalue weighted by Gasteiger charge is 2.53. The van der Waals surface area contributed by atoms with Crippen molar-refractivity contribution in [2.24, 2.45) is 5.41 Å². The van der Waals surface area contributed by atoms with E-state index in [0.29, 0.717) is 12.8 Å². The molecule has 2 bridgehead atoms. The Bertz CT molecular complexity index is 297. The summed E-state index contributed by atoms with van der Waals surface area (Å²) >= 11 is 0. The zero-order valence-electron chi connectivity index (χ0n) is 8.72. The predicted octanol–water partition coefficient (Wildman–Crippen LogP) is 0.946. The van der Waals surface area contributed by atoms with Crippen molar-refractivity contribution >= 4 is 5.97 Å². The Hall–Kier alpha value is -0.870. The molecule has 2 N–H and O–H groups in total. The molecule has 0 radical (unpaired) electrons. The van der Waals surface area contributed by atoms with Gasteiger partial charge in [-0.15, -0.1) is 0 Å². The molecule has 4 unspecified atom stereocenters. The summed E-state index contributed by atoms with van der Waals surface area (Å²) in [5.41, 5.74) is -0.381. The third-order valence-corrected chi connectivity index (χ3v) is 3.31. The molecule has 4 atom stereocenters. The molecule has 1 aliphatic carbocycles. The van der Waals surface area contributed by atoms with Gasteiger partial charge in [-0.3, -0.25) is 0 Å². The number of aliphatic hydroxyl groups excluding tert-OH is 1. The van der Waals surface area contributed by atoms with Crippen molar-refractivity contribution in [2.45, 2.75) is 44.5 Å². The molecular formula is C11H16O4. The molecule has 15 heavy (non-hydrogen) atoms. The van der Waals surface area contributed by atoms with Gasteiger partial charge in [0.1, 0.15) is 0 Å². The Labute approximate surface area is 88.6 Å². The molecule has 1 fully saturated rings. The maximum Gasteiger partial charge on any atom is 0.333 e. The van der Waals surface area contributed by atoms with Gasteiger partial charge in [0.25, 0.3) is 0 Å². The van der Waals surface area contributed by atoms with Gasteiger partial charge < -0.3 is 14.9 Å². The van der Waals surface area contributed by atoms with Crippen molar-refractivity contribution in [1.29, 1.82) is 0 Å². The van der Waals surface area contributed by atoms with Crippen LogP contribution in [0.15, 0.2) is 12.2 Å². The number of rotatable bonds is 4. The molecule has 0 spiro atoms. The second-order valence-corrected chi connectivity index (χ2v) is 4.58. The Morgan fingerprint density at radius 2 is 2.47 bits per heavy atom. The molecule has 1 saturated heterocycles. The smallest absolute Gasteiger partial charge is 0.333 e. The fourth-order valence-electron chi connectivity index (χ4n) is 2.51. The first-order chi connectivity index (χ1) is 7.03. The molecule has 0 aromatic carbocycles. The largest absolute Gasteiger partial charge is 0.479 e. The van der Waals surface area contributed by atoms with E-state index in [1.54, 1.807) is 6.92 Å². The lowest BCUT2D eigenvalue weighted by molar-refractivity contribution is -0.153. The fourth-order valence-corrected chi connectivity index (χ4v) is 2.51. The monoisotopic (exact) mass is 212 g/mol. The van der Waals surface area contributed by atoms with Crippen LogP contribution in [0.5, 0.6) is 0 Å². The Kier molecular flexibility index (Phi) is 2.56. The first-order valence-electron chi connectivity index (χ1n) is 5.29. The molecule has 1 heterocycles. The van der Waals surface area contributed by atoms with Crippen molar-refractivity contribution in [3.8, 4) is 0 Å².